The molecule has 0 aliphatic rings. The monoisotopic (exact) mass is 705 g/mol. The van der Waals surface area contributed by atoms with Gasteiger partial charge in [-0.15, -0.1) is 0 Å². The van der Waals surface area contributed by atoms with Crippen LogP contribution in [0.3, 0.4) is 0 Å². The fraction of sp³-hybridized carbons (Fsp3) is 1.00. The van der Waals surface area contributed by atoms with Crippen LogP contribution in [-0.4, -0.2) is 25.9 Å². The van der Waals surface area contributed by atoms with Crippen molar-refractivity contribution in [3.05, 3.63) is 0 Å². The Labute approximate surface area is 301 Å². The maximum atomic E-state index is 11.2. The Hall–Kier alpha value is 0.0700. The normalized spacial score (nSPS) is 13.0. The third kappa shape index (κ3) is 48.2. The van der Waals surface area contributed by atoms with Crippen molar-refractivity contribution in [3.8, 4) is 0 Å². The molecule has 4 N–H and O–H groups in total. The molecule has 0 aromatic rings. The lowest BCUT2D eigenvalue weighted by Gasteiger charge is -2.23. The summed E-state index contributed by atoms with van der Waals surface area (Å²) in [6.45, 7) is 6.92. The van der Waals surface area contributed by atoms with Crippen molar-refractivity contribution in [2.75, 3.05) is 0 Å². The molecule has 48 heavy (non-hydrogen) atoms. The Morgan fingerprint density at radius 2 is 0.500 bits per heavy atom. The topological polar surface area (TPSA) is 98.0 Å². The van der Waals surface area contributed by atoms with E-state index in [0.717, 1.165) is 6.42 Å². The zero-order valence-corrected chi connectivity index (χ0v) is 33.9. The van der Waals surface area contributed by atoms with Gasteiger partial charge in [-0.3, -0.25) is 0 Å². The number of hydrogen-bond donors (Lipinski definition) is 4. The molecule has 0 heterocycles. The van der Waals surface area contributed by atoms with Crippen LogP contribution in [0.4, 0.5) is 0 Å². The van der Waals surface area contributed by atoms with Crippen LogP contribution in [0.25, 0.3) is 0 Å². The number of phosphoric acid groups is 1. The molecule has 6 heteroatoms. The number of aliphatic hydroxyl groups is 1. The van der Waals surface area contributed by atoms with E-state index in [1.54, 1.807) is 0 Å². The second kappa shape index (κ2) is 41.5. The van der Waals surface area contributed by atoms with Gasteiger partial charge in [0, 0.05) is 0 Å². The van der Waals surface area contributed by atoms with Gasteiger partial charge in [-0.05, 0) is 25.2 Å². The van der Waals surface area contributed by atoms with Crippen molar-refractivity contribution >= 4 is 7.82 Å². The van der Waals surface area contributed by atoms with Gasteiger partial charge in [0.15, 0.2) is 0 Å². The van der Waals surface area contributed by atoms with E-state index in [9.17, 15) is 5.11 Å². The minimum atomic E-state index is -4.64. The zero-order valence-electron chi connectivity index (χ0n) is 33.0. The van der Waals surface area contributed by atoms with Crippen molar-refractivity contribution in [3.63, 3.8) is 0 Å². The van der Waals surface area contributed by atoms with Crippen LogP contribution >= 0.6 is 7.82 Å². The molecule has 5 nitrogen and oxygen atoms in total. The summed E-state index contributed by atoms with van der Waals surface area (Å²) in [5.41, 5.74) is 0. The highest BCUT2D eigenvalue weighted by Gasteiger charge is 2.18. The van der Waals surface area contributed by atoms with Gasteiger partial charge in [-0.1, -0.05) is 239 Å². The second-order valence-electron chi connectivity index (χ2n) is 15.2. The minimum Gasteiger partial charge on any atom is -0.393 e. The lowest BCUT2D eigenvalue weighted by Crippen LogP contribution is -2.20. The molecule has 0 rings (SSSR count). The molecule has 0 aromatic carbocycles. The molecule has 292 valence electrons. The third-order valence-corrected chi connectivity index (χ3v) is 10.3. The molecule has 0 aromatic heterocycles. The van der Waals surface area contributed by atoms with E-state index in [1.807, 2.05) is 0 Å². The fourth-order valence-corrected chi connectivity index (χ4v) is 7.10. The molecule has 0 saturated heterocycles. The van der Waals surface area contributed by atoms with Crippen molar-refractivity contribution in [1.29, 1.82) is 0 Å². The first kappa shape index (κ1) is 50.2. The molecule has 0 fully saturated rings. The first-order valence-electron chi connectivity index (χ1n) is 21.7. The highest BCUT2D eigenvalue weighted by atomic mass is 31.2. The first-order chi connectivity index (χ1) is 23.3. The molecule has 0 aliphatic heterocycles. The summed E-state index contributed by atoms with van der Waals surface area (Å²) in [5.74, 6) is 0.561. The van der Waals surface area contributed by atoms with E-state index in [-0.39, 0.29) is 6.10 Å². The summed E-state index contributed by atoms with van der Waals surface area (Å²) < 4.78 is 8.88. The highest BCUT2D eigenvalue weighted by molar-refractivity contribution is 7.45. The maximum absolute atomic E-state index is 11.2. The molecule has 0 bridgehead atoms. The summed E-state index contributed by atoms with van der Waals surface area (Å²) in [5, 5.41) is 11.2. The Kier molecular flexibility index (Phi) is 43.4. The lowest BCUT2D eigenvalue weighted by molar-refractivity contribution is 0.0829. The average Bonchev–Trinajstić information content (AvgIpc) is 3.04. The molecule has 2 atom stereocenters. The second-order valence-corrected chi connectivity index (χ2v) is 16.2. The van der Waals surface area contributed by atoms with Crippen LogP contribution in [-0.2, 0) is 4.57 Å². The van der Waals surface area contributed by atoms with Crippen molar-refractivity contribution < 1.29 is 24.4 Å². The summed E-state index contributed by atoms with van der Waals surface area (Å²) in [6.07, 6.45) is 51.5. The SMILES string of the molecule is CCCCCCCCCCCCCCCCCCC(O)C(CCCCCCCCCC)CCCCCCCCCCCC.O=P(O)(O)O. The van der Waals surface area contributed by atoms with E-state index < -0.39 is 7.82 Å². The standard InChI is InChI=1S/C42H86O.H3O4P/c1-4-7-10-13-16-19-21-22-23-24-25-26-28-31-34-37-40-42(43)41(38-35-32-29-18-15-12-9-6-3)39-36-33-30-27-20-17-14-11-8-5-2;1-5(2,3)4/h41-43H,4-40H2,1-3H3;(H3,1,2,3,4). The Balaban J connectivity index is 0. The predicted molar refractivity (Wildman–Crippen MR) is 212 cm³/mol. The van der Waals surface area contributed by atoms with Gasteiger partial charge >= 0.3 is 7.82 Å². The molecule has 0 saturated carbocycles. The molecule has 0 spiro atoms. The van der Waals surface area contributed by atoms with Gasteiger partial charge in [-0.25, -0.2) is 4.57 Å². The summed E-state index contributed by atoms with van der Waals surface area (Å²) in [4.78, 5) is 21.6. The summed E-state index contributed by atoms with van der Waals surface area (Å²) >= 11 is 0. The zero-order chi connectivity index (χ0) is 35.8. The number of unbranched alkanes of at least 4 members (excludes halogenated alkanes) is 31. The van der Waals surface area contributed by atoms with Crippen molar-refractivity contribution in [2.45, 2.75) is 264 Å². The van der Waals surface area contributed by atoms with Gasteiger partial charge in [0.1, 0.15) is 0 Å². The molecule has 0 aliphatic carbocycles. The van der Waals surface area contributed by atoms with Crippen LogP contribution in [0.1, 0.15) is 258 Å². The molecule has 2 unspecified atom stereocenters. The van der Waals surface area contributed by atoms with E-state index in [2.05, 4.69) is 20.8 Å². The smallest absolute Gasteiger partial charge is 0.393 e. The number of rotatable bonds is 38. The predicted octanol–water partition coefficient (Wildman–Crippen LogP) is 14.5. The van der Waals surface area contributed by atoms with Crippen LogP contribution in [0.5, 0.6) is 0 Å². The Bertz CT molecular complexity index is 617. The quantitative estimate of drug-likeness (QED) is 0.0379. The highest BCUT2D eigenvalue weighted by Crippen LogP contribution is 2.26. The van der Waals surface area contributed by atoms with Crippen LogP contribution < -0.4 is 0 Å². The van der Waals surface area contributed by atoms with E-state index in [1.165, 1.54) is 231 Å². The molecule has 0 amide bonds. The summed E-state index contributed by atoms with van der Waals surface area (Å²) in [7, 11) is -4.64. The Morgan fingerprint density at radius 3 is 0.708 bits per heavy atom. The van der Waals surface area contributed by atoms with Gasteiger partial charge in [0.05, 0.1) is 6.10 Å². The molecule has 0 radical (unpaired) electrons. The van der Waals surface area contributed by atoms with E-state index >= 15 is 0 Å². The molecular weight excluding hydrogens is 615 g/mol. The van der Waals surface area contributed by atoms with Crippen molar-refractivity contribution in [1.82, 2.24) is 0 Å². The Morgan fingerprint density at radius 1 is 0.333 bits per heavy atom. The fourth-order valence-electron chi connectivity index (χ4n) is 7.10. The van der Waals surface area contributed by atoms with Crippen LogP contribution in [0.2, 0.25) is 0 Å². The number of aliphatic hydroxyl groups excluding tert-OH is 1. The first-order valence-corrected chi connectivity index (χ1v) is 23.3. The van der Waals surface area contributed by atoms with E-state index in [4.69, 9.17) is 19.2 Å². The van der Waals surface area contributed by atoms with E-state index in [0.29, 0.717) is 5.92 Å². The number of hydrogen-bond acceptors (Lipinski definition) is 2. The van der Waals surface area contributed by atoms with Gasteiger partial charge in [0.2, 0.25) is 0 Å². The minimum absolute atomic E-state index is 0.0465. The third-order valence-electron chi connectivity index (χ3n) is 10.3. The lowest BCUT2D eigenvalue weighted by atomic mass is 9.87. The van der Waals surface area contributed by atoms with Gasteiger partial charge in [-0.2, -0.15) is 0 Å². The largest absolute Gasteiger partial charge is 0.466 e. The van der Waals surface area contributed by atoms with Gasteiger partial charge in [0.25, 0.3) is 0 Å². The van der Waals surface area contributed by atoms with Crippen molar-refractivity contribution in [2.24, 2.45) is 5.92 Å². The average molecular weight is 705 g/mol. The maximum Gasteiger partial charge on any atom is 0.466 e. The van der Waals surface area contributed by atoms with Gasteiger partial charge < -0.3 is 19.8 Å². The molecular formula is C42H89O5P. The van der Waals surface area contributed by atoms with Crippen LogP contribution in [0.15, 0.2) is 0 Å². The summed E-state index contributed by atoms with van der Waals surface area (Å²) in [6, 6.07) is 0. The van der Waals surface area contributed by atoms with Crippen LogP contribution in [0, 0.1) is 5.92 Å².